The summed E-state index contributed by atoms with van der Waals surface area (Å²) in [6.07, 6.45) is 0. The third kappa shape index (κ3) is 12.4. The number of anilines is 3. The van der Waals surface area contributed by atoms with Crippen LogP contribution in [0.4, 0.5) is 17.1 Å². The molecule has 0 saturated heterocycles. The van der Waals surface area contributed by atoms with Gasteiger partial charge in [-0.15, -0.1) is 0 Å². The number of hydrogen-bond acceptors (Lipinski definition) is 7. The number of aromatic nitrogens is 11. The second kappa shape index (κ2) is 32.6. The summed E-state index contributed by atoms with van der Waals surface area (Å²) in [5, 5.41) is 12.2. The first-order chi connectivity index (χ1) is 74.4. The molecule has 22 aromatic carbocycles. The Morgan fingerprint density at radius 3 is 0.927 bits per heavy atom. The van der Waals surface area contributed by atoms with Crippen LogP contribution >= 0.6 is 0 Å². The van der Waals surface area contributed by atoms with Crippen LogP contribution in [0.3, 0.4) is 0 Å². The minimum atomic E-state index is 0.859. The van der Waals surface area contributed by atoms with Crippen LogP contribution in [0, 0.1) is 0 Å². The van der Waals surface area contributed by atoms with Crippen molar-refractivity contribution in [3.8, 4) is 152 Å². The summed E-state index contributed by atoms with van der Waals surface area (Å²) < 4.78 is 11.9. The molecule has 4 aliphatic heterocycles. The van der Waals surface area contributed by atoms with Crippen molar-refractivity contribution < 1.29 is 0 Å². The summed E-state index contributed by atoms with van der Waals surface area (Å²) in [5.74, 6) is 2.59. The minimum absolute atomic E-state index is 0.859. The summed E-state index contributed by atoms with van der Waals surface area (Å²) in [7, 11) is 0. The van der Waals surface area contributed by atoms with Crippen LogP contribution in [0.25, 0.3) is 294 Å². The van der Waals surface area contributed by atoms with Gasteiger partial charge in [-0.3, -0.25) is 13.7 Å². The number of hydrogen-bond donors (Lipinski definition) is 0. The fourth-order valence-electron chi connectivity index (χ4n) is 24.8. The zero-order chi connectivity index (χ0) is 98.0. The second-order valence-corrected chi connectivity index (χ2v) is 39.4. The lowest BCUT2D eigenvalue weighted by atomic mass is 9.89. The number of nitrogens with zero attached hydrogens (tertiary/aromatic N) is 12. The molecule has 0 fully saturated rings. The molecule has 0 bridgehead atoms. The highest BCUT2D eigenvalue weighted by Crippen LogP contribution is 2.56. The highest BCUT2D eigenvalue weighted by molar-refractivity contribution is 6.24. The van der Waals surface area contributed by atoms with Crippen LogP contribution in [0.15, 0.2) is 497 Å². The molecule has 0 N–H and O–H groups in total. The Kier molecular flexibility index (Phi) is 18.1. The largest absolute Gasteiger partial charge is 0.311 e. The molecule has 0 radical (unpaired) electrons. The molecule has 8 aromatic heterocycles. The number of para-hydroxylation sites is 14. The molecule has 4 aliphatic rings. The van der Waals surface area contributed by atoms with Gasteiger partial charge in [0.05, 0.1) is 94.0 Å². The molecule has 34 rings (SSSR count). The minimum Gasteiger partial charge on any atom is -0.311 e. The van der Waals surface area contributed by atoms with E-state index >= 15 is 0 Å². The van der Waals surface area contributed by atoms with E-state index in [-0.39, 0.29) is 0 Å². The zero-order valence-electron chi connectivity index (χ0n) is 80.7. The van der Waals surface area contributed by atoms with E-state index < -0.39 is 0 Å². The van der Waals surface area contributed by atoms with Crippen LogP contribution in [0.5, 0.6) is 0 Å². The quantitative estimate of drug-likeness (QED) is 0.156. The lowest BCUT2D eigenvalue weighted by Crippen LogP contribution is -2.09. The van der Waals surface area contributed by atoms with E-state index in [1.807, 2.05) is 48.5 Å². The van der Waals surface area contributed by atoms with E-state index in [1.165, 1.54) is 154 Å². The van der Waals surface area contributed by atoms with Crippen molar-refractivity contribution in [1.82, 2.24) is 52.7 Å². The molecule has 0 aliphatic carbocycles. The number of rotatable bonds is 7. The molecule has 694 valence electrons. The molecule has 12 nitrogen and oxygen atoms in total. The summed E-state index contributed by atoms with van der Waals surface area (Å²) in [4.78, 5) is 34.1. The normalized spacial score (nSPS) is 12.1. The summed E-state index contributed by atoms with van der Waals surface area (Å²) in [6.45, 7) is 0. The third-order valence-electron chi connectivity index (χ3n) is 31.3. The van der Waals surface area contributed by atoms with Crippen LogP contribution < -0.4 is 4.90 Å². The van der Waals surface area contributed by atoms with Crippen molar-refractivity contribution >= 4 is 159 Å². The Balaban J connectivity index is 0.0000000995. The lowest BCUT2D eigenvalue weighted by molar-refractivity contribution is 1.08. The maximum absolute atomic E-state index is 5.35. The Hall–Kier alpha value is -20.3. The molecular weight excluding hydrogens is 1830 g/mol. The highest BCUT2D eigenvalue weighted by Gasteiger charge is 2.35. The predicted octanol–water partition coefficient (Wildman–Crippen LogP) is 35.4. The van der Waals surface area contributed by atoms with Crippen LogP contribution in [-0.2, 0) is 0 Å². The Morgan fingerprint density at radius 1 is 0.147 bits per heavy atom. The fourth-order valence-corrected chi connectivity index (χ4v) is 24.8. The maximum atomic E-state index is 5.35. The van der Waals surface area contributed by atoms with Gasteiger partial charge in [-0.05, 0) is 225 Å². The van der Waals surface area contributed by atoms with Crippen LogP contribution in [0.1, 0.15) is 0 Å². The van der Waals surface area contributed by atoms with Crippen molar-refractivity contribution in [3.63, 3.8) is 0 Å². The summed E-state index contributed by atoms with van der Waals surface area (Å²) in [5.41, 5.74) is 47.9. The predicted molar refractivity (Wildman–Crippen MR) is 619 cm³/mol. The standard InChI is InChI=1S/C50H28N4.C44H26N4.C44H28N4/c1-2-14-32-31(13-1)34-16-5-10-22-44(34)53-45-23-11-6-17-35(45)40-27-29(25-38(32)48(40)53)30-26-39-33-15-3-4-19-37(33)47-50(52-43-21-9-8-20-42(43)51-47)54-46-24-12-7-18-36(46)41(28-30)49(39)54;1-2-11-27(12-3-1)28-21-24-40-36(25-28)31-14-6-9-20-39(31)47(40)29-22-23-32-35-17-10-16-34-30-13-4-5-15-33(30)42-44(48(43(34)35)41(32)26-29)46-38-19-8-7-18-37(38)45-42;1-3-13-31(14-4-1)47(32-15-5-2-6-16-32)33-25-23-29(24-26-33)30-27-37-34-17-7-8-19-36(34)42-44(46-40-21-11-10-20-39(40)45-42)48-41-22-12-9-18-35(41)38(28-30)43(37)48/h1-28H;1-26H;1-28H. The van der Waals surface area contributed by atoms with Gasteiger partial charge in [0.1, 0.15) is 17.1 Å². The highest BCUT2D eigenvalue weighted by atomic mass is 15.2. The average Bonchev–Trinajstić information content (AvgIpc) is 1.54. The maximum Gasteiger partial charge on any atom is 0.165 e. The smallest absolute Gasteiger partial charge is 0.165 e. The Morgan fingerprint density at radius 2 is 0.447 bits per heavy atom. The first kappa shape index (κ1) is 83.2. The van der Waals surface area contributed by atoms with Gasteiger partial charge in [-0.2, -0.15) is 0 Å². The van der Waals surface area contributed by atoms with Crippen molar-refractivity contribution in [2.24, 2.45) is 0 Å². The van der Waals surface area contributed by atoms with Crippen molar-refractivity contribution in [3.05, 3.63) is 497 Å². The molecular formula is C138H82N12. The van der Waals surface area contributed by atoms with Crippen molar-refractivity contribution in [1.29, 1.82) is 0 Å². The summed E-state index contributed by atoms with van der Waals surface area (Å²) in [6, 6.07) is 179. The average molecular weight is 1910 g/mol. The summed E-state index contributed by atoms with van der Waals surface area (Å²) >= 11 is 0. The van der Waals surface area contributed by atoms with E-state index in [0.717, 1.165) is 157 Å². The zero-order valence-corrected chi connectivity index (χ0v) is 80.7. The van der Waals surface area contributed by atoms with Gasteiger partial charge < -0.3 is 14.0 Å². The van der Waals surface area contributed by atoms with Crippen molar-refractivity contribution in [2.45, 2.75) is 0 Å². The SMILES string of the molecule is c1ccc(-c2ccc3c(c2)c2ccccc2n3-c2ccc3c4cccc5c4n(c3c2)-c2nc3ccccc3nc2-c2ccccc2-5)cc1.c1ccc(N(c2ccccc2)c2ccc(-c3cc4c5c(c3)c3ccccc3n5-c3nc5ccccc5nc3-c3ccccc3-4)cc2)cc1.c1ccc2c(c1)-c1ccccc1-n1c3ccccc3c3cc(-c4cc5c6c(c4)c4ccccc4n6-c4nc6ccccc6nc4-c4ccccc4-5)cc-2c31. The van der Waals surface area contributed by atoms with Gasteiger partial charge in [-0.25, -0.2) is 29.9 Å². The van der Waals surface area contributed by atoms with Gasteiger partial charge >= 0.3 is 0 Å². The molecule has 12 heterocycles. The van der Waals surface area contributed by atoms with E-state index in [2.05, 4.69) is 477 Å². The van der Waals surface area contributed by atoms with Crippen LogP contribution in [-0.4, -0.2) is 52.7 Å². The first-order valence-corrected chi connectivity index (χ1v) is 51.1. The monoisotopic (exact) mass is 1910 g/mol. The molecule has 0 saturated carbocycles. The van der Waals surface area contributed by atoms with E-state index in [9.17, 15) is 0 Å². The Bertz CT molecular complexity index is 11000. The fraction of sp³-hybridized carbons (Fsp3) is 0. The molecule has 30 aromatic rings. The molecule has 0 atom stereocenters. The van der Waals surface area contributed by atoms with Gasteiger partial charge in [0, 0.05) is 121 Å². The number of benzene rings is 22. The molecule has 0 spiro atoms. The van der Waals surface area contributed by atoms with Gasteiger partial charge in [-0.1, -0.05) is 334 Å². The van der Waals surface area contributed by atoms with E-state index in [1.54, 1.807) is 0 Å². The van der Waals surface area contributed by atoms with E-state index in [0.29, 0.717) is 0 Å². The van der Waals surface area contributed by atoms with Gasteiger partial charge in [0.2, 0.25) is 0 Å². The van der Waals surface area contributed by atoms with Gasteiger partial charge in [0.15, 0.2) is 17.5 Å². The number of fused-ring (bicyclic) bond motifs is 38. The van der Waals surface area contributed by atoms with Crippen LogP contribution in [0.2, 0.25) is 0 Å². The Labute approximate surface area is 859 Å². The molecule has 12 heteroatoms. The second-order valence-electron chi connectivity index (χ2n) is 39.4. The molecule has 0 unspecified atom stereocenters. The first-order valence-electron chi connectivity index (χ1n) is 51.1. The van der Waals surface area contributed by atoms with Gasteiger partial charge in [0.25, 0.3) is 0 Å². The molecule has 0 amide bonds. The lowest BCUT2D eigenvalue weighted by Gasteiger charge is -2.25. The van der Waals surface area contributed by atoms with Crippen molar-refractivity contribution in [2.75, 3.05) is 4.90 Å². The van der Waals surface area contributed by atoms with E-state index in [4.69, 9.17) is 29.9 Å². The topological polar surface area (TPSA) is 105 Å². The third-order valence-corrected chi connectivity index (χ3v) is 31.3. The molecule has 150 heavy (non-hydrogen) atoms.